The molecular weight excluding hydrogens is 309 g/mol. The Bertz CT molecular complexity index is 793. The average molecular weight is 319 g/mol. The van der Waals surface area contributed by atoms with Gasteiger partial charge in [-0.2, -0.15) is 13.2 Å². The van der Waals surface area contributed by atoms with E-state index in [1.807, 2.05) is 0 Å². The van der Waals surface area contributed by atoms with Crippen molar-refractivity contribution in [3.63, 3.8) is 0 Å². The highest BCUT2D eigenvalue weighted by Gasteiger charge is 2.30. The molecule has 0 spiro atoms. The van der Waals surface area contributed by atoms with Gasteiger partial charge in [-0.15, -0.1) is 0 Å². The van der Waals surface area contributed by atoms with Gasteiger partial charge in [0.2, 0.25) is 0 Å². The van der Waals surface area contributed by atoms with Gasteiger partial charge in [0, 0.05) is 0 Å². The van der Waals surface area contributed by atoms with E-state index in [4.69, 9.17) is 11.6 Å². The molecule has 1 aromatic carbocycles. The van der Waals surface area contributed by atoms with Crippen molar-refractivity contribution < 1.29 is 13.2 Å². The van der Waals surface area contributed by atoms with Gasteiger partial charge >= 0.3 is 11.9 Å². The first-order valence-electron chi connectivity index (χ1n) is 5.85. The van der Waals surface area contributed by atoms with Crippen molar-refractivity contribution in [2.24, 2.45) is 0 Å². The number of aryl methyl sites for hydroxylation is 1. The quantitative estimate of drug-likeness (QED) is 0.866. The average Bonchev–Trinajstić information content (AvgIpc) is 2.33. The summed E-state index contributed by atoms with van der Waals surface area (Å²) in [6.45, 7) is 0.0917. The summed E-state index contributed by atoms with van der Waals surface area (Å²) >= 11 is 5.81. The molecule has 2 aromatic rings. The predicted molar refractivity (Wildman–Crippen MR) is 72.6 cm³/mol. The number of halogens is 4. The highest BCUT2D eigenvalue weighted by atomic mass is 35.5. The summed E-state index contributed by atoms with van der Waals surface area (Å²) in [6.07, 6.45) is -4.69. The van der Waals surface area contributed by atoms with Crippen LogP contribution in [0, 0.1) is 6.92 Å². The zero-order valence-electron chi connectivity index (χ0n) is 10.8. The fourth-order valence-electron chi connectivity index (χ4n) is 1.92. The number of nitrogens with one attached hydrogen (secondary N) is 1. The van der Waals surface area contributed by atoms with Gasteiger partial charge in [-0.3, -0.25) is 14.3 Å². The van der Waals surface area contributed by atoms with Crippen LogP contribution in [0.25, 0.3) is 11.1 Å². The summed E-state index contributed by atoms with van der Waals surface area (Å²) in [7, 11) is 0. The third-order valence-electron chi connectivity index (χ3n) is 2.78. The number of alkyl halides is 3. The first-order valence-corrected chi connectivity index (χ1v) is 6.23. The van der Waals surface area contributed by atoms with Gasteiger partial charge in [-0.25, -0.2) is 4.79 Å². The van der Waals surface area contributed by atoms with Gasteiger partial charge in [-0.1, -0.05) is 41.4 Å². The molecule has 0 saturated heterocycles. The van der Waals surface area contributed by atoms with Gasteiger partial charge < -0.3 is 0 Å². The van der Waals surface area contributed by atoms with E-state index in [-0.39, 0.29) is 15.3 Å². The molecule has 0 aliphatic heterocycles. The maximum absolute atomic E-state index is 12.5. The molecule has 1 aromatic heterocycles. The van der Waals surface area contributed by atoms with Crippen LogP contribution in [0.2, 0.25) is 5.15 Å². The van der Waals surface area contributed by atoms with E-state index < -0.39 is 24.0 Å². The molecule has 2 rings (SSSR count). The first-order chi connectivity index (χ1) is 9.69. The van der Waals surface area contributed by atoms with Gasteiger partial charge in [-0.05, 0) is 12.5 Å². The Morgan fingerprint density at radius 1 is 1.29 bits per heavy atom. The van der Waals surface area contributed by atoms with Crippen LogP contribution in [0.3, 0.4) is 0 Å². The van der Waals surface area contributed by atoms with Crippen molar-refractivity contribution in [3.8, 4) is 11.1 Å². The van der Waals surface area contributed by atoms with Gasteiger partial charge in [0.05, 0.1) is 5.56 Å². The summed E-state index contributed by atoms with van der Waals surface area (Å²) in [5.41, 5.74) is -1.29. The highest BCUT2D eigenvalue weighted by molar-refractivity contribution is 6.32. The number of aromatic nitrogens is 2. The molecular formula is C13H10ClF3N2O2. The fourth-order valence-corrected chi connectivity index (χ4v) is 2.19. The molecule has 0 aliphatic carbocycles. The monoisotopic (exact) mass is 318 g/mol. The summed E-state index contributed by atoms with van der Waals surface area (Å²) in [4.78, 5) is 25.7. The predicted octanol–water partition coefficient (Wildman–Crippen LogP) is 2.73. The lowest BCUT2D eigenvalue weighted by Gasteiger charge is -2.11. The second-order valence-electron chi connectivity index (χ2n) is 4.50. The van der Waals surface area contributed by atoms with E-state index in [0.717, 1.165) is 5.56 Å². The second kappa shape index (κ2) is 5.40. The van der Waals surface area contributed by atoms with E-state index in [9.17, 15) is 22.8 Å². The molecule has 4 nitrogen and oxygen atoms in total. The van der Waals surface area contributed by atoms with E-state index in [1.165, 1.54) is 6.07 Å². The Kier molecular flexibility index (Phi) is 3.95. The third kappa shape index (κ3) is 3.36. The number of rotatable bonds is 2. The SMILES string of the molecule is Cc1cccc(-c2c(Cl)[nH]c(=O)n(CC(F)(F)F)c2=O)c1. The van der Waals surface area contributed by atoms with Crippen LogP contribution in [-0.4, -0.2) is 15.7 Å². The van der Waals surface area contributed by atoms with Gasteiger partial charge in [0.1, 0.15) is 11.7 Å². The first kappa shape index (κ1) is 15.4. The third-order valence-corrected chi connectivity index (χ3v) is 3.07. The van der Waals surface area contributed by atoms with E-state index >= 15 is 0 Å². The normalized spacial score (nSPS) is 11.7. The summed E-state index contributed by atoms with van der Waals surface area (Å²) in [5, 5.41) is -0.283. The minimum Gasteiger partial charge on any atom is -0.297 e. The standard InChI is InChI=1S/C13H10ClF3N2O2/c1-7-3-2-4-8(5-7)9-10(14)18-12(21)19(11(9)20)6-13(15,16)17/h2-5H,6H2,1H3,(H,18,21). The van der Waals surface area contributed by atoms with Gasteiger partial charge in [0.15, 0.2) is 0 Å². The Balaban J connectivity index is 2.71. The number of H-pyrrole nitrogens is 1. The van der Waals surface area contributed by atoms with Crippen molar-refractivity contribution in [3.05, 3.63) is 55.8 Å². The maximum atomic E-state index is 12.5. The zero-order valence-corrected chi connectivity index (χ0v) is 11.5. The Labute approximate surface area is 121 Å². The number of aromatic amines is 1. The lowest BCUT2D eigenvalue weighted by atomic mass is 10.1. The van der Waals surface area contributed by atoms with Crippen LogP contribution < -0.4 is 11.2 Å². The maximum Gasteiger partial charge on any atom is 0.406 e. The minimum absolute atomic E-state index is 0.0869. The minimum atomic E-state index is -4.69. The Hall–Kier alpha value is -2.02. The van der Waals surface area contributed by atoms with Crippen molar-refractivity contribution >= 4 is 11.6 Å². The molecule has 21 heavy (non-hydrogen) atoms. The van der Waals surface area contributed by atoms with Crippen LogP contribution in [0.4, 0.5) is 13.2 Å². The molecule has 1 heterocycles. The molecule has 0 bridgehead atoms. The van der Waals surface area contributed by atoms with Crippen LogP contribution in [0.1, 0.15) is 5.56 Å². The van der Waals surface area contributed by atoms with Crippen molar-refractivity contribution in [1.82, 2.24) is 9.55 Å². The fraction of sp³-hybridized carbons (Fsp3) is 0.231. The molecule has 0 radical (unpaired) electrons. The molecule has 0 fully saturated rings. The molecule has 0 saturated carbocycles. The van der Waals surface area contributed by atoms with Crippen LogP contribution >= 0.6 is 11.6 Å². The van der Waals surface area contributed by atoms with Crippen LogP contribution in [-0.2, 0) is 6.54 Å². The van der Waals surface area contributed by atoms with E-state index in [2.05, 4.69) is 4.98 Å². The van der Waals surface area contributed by atoms with E-state index in [0.29, 0.717) is 5.56 Å². The Morgan fingerprint density at radius 2 is 1.95 bits per heavy atom. The molecule has 0 unspecified atom stereocenters. The molecule has 8 heteroatoms. The second-order valence-corrected chi connectivity index (χ2v) is 4.87. The topological polar surface area (TPSA) is 54.9 Å². The summed E-state index contributed by atoms with van der Waals surface area (Å²) in [6, 6.07) is 6.53. The van der Waals surface area contributed by atoms with Gasteiger partial charge in [0.25, 0.3) is 5.56 Å². The van der Waals surface area contributed by atoms with Crippen LogP contribution in [0.5, 0.6) is 0 Å². The number of hydrogen-bond donors (Lipinski definition) is 1. The molecule has 0 amide bonds. The van der Waals surface area contributed by atoms with Crippen molar-refractivity contribution in [2.45, 2.75) is 19.6 Å². The number of hydrogen-bond acceptors (Lipinski definition) is 2. The summed E-state index contributed by atoms with van der Waals surface area (Å²) in [5.74, 6) is 0. The van der Waals surface area contributed by atoms with E-state index in [1.54, 1.807) is 25.1 Å². The lowest BCUT2D eigenvalue weighted by molar-refractivity contribution is -0.141. The Morgan fingerprint density at radius 3 is 2.52 bits per heavy atom. The lowest BCUT2D eigenvalue weighted by Crippen LogP contribution is -2.40. The van der Waals surface area contributed by atoms with Crippen LogP contribution in [0.15, 0.2) is 33.9 Å². The molecule has 1 N–H and O–H groups in total. The smallest absolute Gasteiger partial charge is 0.297 e. The zero-order chi connectivity index (χ0) is 15.8. The van der Waals surface area contributed by atoms with Crippen molar-refractivity contribution in [1.29, 1.82) is 0 Å². The number of nitrogens with zero attached hydrogens (tertiary/aromatic N) is 1. The molecule has 0 aliphatic rings. The molecule has 112 valence electrons. The number of benzene rings is 1. The summed E-state index contributed by atoms with van der Waals surface area (Å²) < 4.78 is 37.5. The largest absolute Gasteiger partial charge is 0.406 e. The molecule has 0 atom stereocenters. The highest BCUT2D eigenvalue weighted by Crippen LogP contribution is 2.23. The van der Waals surface area contributed by atoms with Crippen molar-refractivity contribution in [2.75, 3.05) is 0 Å².